The molecule has 1 spiro atoms. The summed E-state index contributed by atoms with van der Waals surface area (Å²) in [6.07, 6.45) is 4.64. The van der Waals surface area contributed by atoms with Crippen molar-refractivity contribution in [3.63, 3.8) is 0 Å². The van der Waals surface area contributed by atoms with Gasteiger partial charge in [0, 0.05) is 24.4 Å². The van der Waals surface area contributed by atoms with Crippen molar-refractivity contribution in [2.24, 2.45) is 0 Å². The molecule has 2 saturated heterocycles. The molecule has 2 atom stereocenters. The van der Waals surface area contributed by atoms with Crippen LogP contribution in [0.25, 0.3) is 0 Å². The molecule has 104 valence electrons. The van der Waals surface area contributed by atoms with Gasteiger partial charge in [-0.05, 0) is 39.7 Å². The Labute approximate surface area is 109 Å². The maximum atomic E-state index is 10.4. The van der Waals surface area contributed by atoms with Crippen LogP contribution in [0.15, 0.2) is 0 Å². The second kappa shape index (κ2) is 4.44. The van der Waals surface area contributed by atoms with Gasteiger partial charge >= 0.3 is 0 Å². The number of rotatable bonds is 1. The van der Waals surface area contributed by atoms with Gasteiger partial charge in [-0.2, -0.15) is 0 Å². The highest BCUT2D eigenvalue weighted by Crippen LogP contribution is 2.42. The normalized spacial score (nSPS) is 39.5. The van der Waals surface area contributed by atoms with Gasteiger partial charge in [0.2, 0.25) is 0 Å². The number of aliphatic hydroxyl groups excluding tert-OH is 1. The van der Waals surface area contributed by atoms with Crippen molar-refractivity contribution in [3.8, 4) is 0 Å². The lowest BCUT2D eigenvalue weighted by Crippen LogP contribution is -2.57. The van der Waals surface area contributed by atoms with Crippen molar-refractivity contribution in [3.05, 3.63) is 0 Å². The summed E-state index contributed by atoms with van der Waals surface area (Å²) < 4.78 is 11.7. The summed E-state index contributed by atoms with van der Waals surface area (Å²) in [6.45, 7) is 7.05. The molecule has 3 aliphatic rings. The van der Waals surface area contributed by atoms with Crippen LogP contribution in [-0.4, -0.2) is 53.2 Å². The number of ether oxygens (including phenoxy) is 2. The summed E-state index contributed by atoms with van der Waals surface area (Å²) in [7, 11) is 0. The summed E-state index contributed by atoms with van der Waals surface area (Å²) in [5, 5.41) is 10.4. The SMILES string of the molecule is CC1(C)CCCN1C1CC2(CCC1O)OCCO2. The molecule has 0 radical (unpaired) electrons. The molecule has 2 unspecified atom stereocenters. The van der Waals surface area contributed by atoms with Gasteiger partial charge < -0.3 is 14.6 Å². The highest BCUT2D eigenvalue weighted by Gasteiger charge is 2.49. The molecular formula is C14H25NO3. The maximum absolute atomic E-state index is 10.4. The van der Waals surface area contributed by atoms with E-state index < -0.39 is 5.79 Å². The van der Waals surface area contributed by atoms with Crippen molar-refractivity contribution in [2.45, 2.75) is 69.4 Å². The number of nitrogens with zero attached hydrogens (tertiary/aromatic N) is 1. The zero-order valence-corrected chi connectivity index (χ0v) is 11.5. The first-order valence-electron chi connectivity index (χ1n) is 7.25. The van der Waals surface area contributed by atoms with E-state index in [9.17, 15) is 5.11 Å². The minimum Gasteiger partial charge on any atom is -0.391 e. The molecule has 3 fully saturated rings. The molecule has 0 aromatic heterocycles. The topological polar surface area (TPSA) is 41.9 Å². The van der Waals surface area contributed by atoms with Gasteiger partial charge in [-0.3, -0.25) is 4.90 Å². The highest BCUT2D eigenvalue weighted by atomic mass is 16.7. The summed E-state index contributed by atoms with van der Waals surface area (Å²) >= 11 is 0. The molecule has 0 aromatic rings. The Morgan fingerprint density at radius 1 is 1.17 bits per heavy atom. The minimum atomic E-state index is -0.400. The molecule has 1 N–H and O–H groups in total. The van der Waals surface area contributed by atoms with Crippen molar-refractivity contribution >= 4 is 0 Å². The zero-order valence-electron chi connectivity index (χ0n) is 11.5. The van der Waals surface area contributed by atoms with Crippen LogP contribution in [0.4, 0.5) is 0 Å². The molecule has 3 rings (SSSR count). The van der Waals surface area contributed by atoms with E-state index in [2.05, 4.69) is 18.7 Å². The van der Waals surface area contributed by atoms with E-state index in [1.807, 2.05) is 0 Å². The van der Waals surface area contributed by atoms with E-state index in [0.717, 1.165) is 25.8 Å². The molecule has 2 heterocycles. The fourth-order valence-corrected chi connectivity index (χ4v) is 3.94. The Kier molecular flexibility index (Phi) is 3.17. The molecule has 1 aliphatic carbocycles. The van der Waals surface area contributed by atoms with Crippen LogP contribution in [0, 0.1) is 0 Å². The molecule has 0 bridgehead atoms. The third-order valence-corrected chi connectivity index (χ3v) is 4.96. The van der Waals surface area contributed by atoms with E-state index in [-0.39, 0.29) is 17.7 Å². The minimum absolute atomic E-state index is 0.189. The fraction of sp³-hybridized carbons (Fsp3) is 1.00. The first-order valence-corrected chi connectivity index (χ1v) is 7.25. The quantitative estimate of drug-likeness (QED) is 0.771. The van der Waals surface area contributed by atoms with Crippen LogP contribution in [-0.2, 0) is 9.47 Å². The second-order valence-electron chi connectivity index (χ2n) is 6.59. The van der Waals surface area contributed by atoms with Crippen molar-refractivity contribution < 1.29 is 14.6 Å². The molecule has 1 saturated carbocycles. The van der Waals surface area contributed by atoms with E-state index in [1.54, 1.807) is 0 Å². The van der Waals surface area contributed by atoms with Crippen LogP contribution < -0.4 is 0 Å². The van der Waals surface area contributed by atoms with Crippen LogP contribution in [0.1, 0.15) is 46.0 Å². The van der Waals surface area contributed by atoms with Crippen LogP contribution in [0.2, 0.25) is 0 Å². The summed E-state index contributed by atoms with van der Waals surface area (Å²) in [5.41, 5.74) is 0.197. The highest BCUT2D eigenvalue weighted by molar-refractivity contribution is 4.99. The smallest absolute Gasteiger partial charge is 0.170 e. The Morgan fingerprint density at radius 3 is 2.50 bits per heavy atom. The number of likely N-dealkylation sites (tertiary alicyclic amines) is 1. The third-order valence-electron chi connectivity index (χ3n) is 4.96. The van der Waals surface area contributed by atoms with Gasteiger partial charge in [0.1, 0.15) is 0 Å². The molecule has 0 aromatic carbocycles. The van der Waals surface area contributed by atoms with Crippen molar-refractivity contribution in [1.82, 2.24) is 4.90 Å². The Bertz CT molecular complexity index is 312. The van der Waals surface area contributed by atoms with E-state index in [1.165, 1.54) is 12.8 Å². The molecule has 18 heavy (non-hydrogen) atoms. The third kappa shape index (κ3) is 2.09. The van der Waals surface area contributed by atoms with Gasteiger partial charge in [-0.1, -0.05) is 0 Å². The van der Waals surface area contributed by atoms with Crippen molar-refractivity contribution in [2.75, 3.05) is 19.8 Å². The predicted octanol–water partition coefficient (Wildman–Crippen LogP) is 1.52. The number of aliphatic hydroxyl groups is 1. The van der Waals surface area contributed by atoms with Crippen molar-refractivity contribution in [1.29, 1.82) is 0 Å². The summed E-state index contributed by atoms with van der Waals surface area (Å²) in [5.74, 6) is -0.400. The molecule has 2 aliphatic heterocycles. The summed E-state index contributed by atoms with van der Waals surface area (Å²) in [4.78, 5) is 2.48. The largest absolute Gasteiger partial charge is 0.391 e. The zero-order chi connectivity index (χ0) is 12.8. The van der Waals surface area contributed by atoms with Gasteiger partial charge in [0.25, 0.3) is 0 Å². The Hall–Kier alpha value is -0.160. The van der Waals surface area contributed by atoms with Gasteiger partial charge in [0.15, 0.2) is 5.79 Å². The first-order chi connectivity index (χ1) is 8.53. The molecule has 4 heteroatoms. The van der Waals surface area contributed by atoms with E-state index in [0.29, 0.717) is 13.2 Å². The van der Waals surface area contributed by atoms with Gasteiger partial charge in [-0.15, -0.1) is 0 Å². The predicted molar refractivity (Wildman–Crippen MR) is 68.3 cm³/mol. The van der Waals surface area contributed by atoms with E-state index in [4.69, 9.17) is 9.47 Å². The Balaban J connectivity index is 1.77. The van der Waals surface area contributed by atoms with Crippen LogP contribution >= 0.6 is 0 Å². The average Bonchev–Trinajstić information content (AvgIpc) is 2.90. The standard InChI is InChI=1S/C14H25NO3/c1-13(2)5-3-7-15(13)11-10-14(6-4-12(11)16)17-8-9-18-14/h11-12,16H,3-10H2,1-2H3. The van der Waals surface area contributed by atoms with Crippen LogP contribution in [0.3, 0.4) is 0 Å². The van der Waals surface area contributed by atoms with E-state index >= 15 is 0 Å². The van der Waals surface area contributed by atoms with Gasteiger partial charge in [-0.25, -0.2) is 0 Å². The first kappa shape index (κ1) is 12.9. The average molecular weight is 255 g/mol. The Morgan fingerprint density at radius 2 is 1.89 bits per heavy atom. The monoisotopic (exact) mass is 255 g/mol. The lowest BCUT2D eigenvalue weighted by atomic mass is 9.84. The number of hydrogen-bond donors (Lipinski definition) is 1. The fourth-order valence-electron chi connectivity index (χ4n) is 3.94. The number of hydrogen-bond acceptors (Lipinski definition) is 4. The maximum Gasteiger partial charge on any atom is 0.170 e. The lowest BCUT2D eigenvalue weighted by Gasteiger charge is -2.47. The molecular weight excluding hydrogens is 230 g/mol. The second-order valence-corrected chi connectivity index (χ2v) is 6.59. The molecule has 4 nitrogen and oxygen atoms in total. The lowest BCUT2D eigenvalue weighted by molar-refractivity contribution is -0.208. The van der Waals surface area contributed by atoms with Crippen LogP contribution in [0.5, 0.6) is 0 Å². The summed E-state index contributed by atoms with van der Waals surface area (Å²) in [6, 6.07) is 0.189. The van der Waals surface area contributed by atoms with Gasteiger partial charge in [0.05, 0.1) is 19.3 Å². The molecule has 0 amide bonds.